The lowest BCUT2D eigenvalue weighted by molar-refractivity contribution is -0.161. The molecule has 97 heavy (non-hydrogen) atoms. The minimum absolute atomic E-state index is 0.106. The molecule has 0 spiro atoms. The van der Waals surface area contributed by atoms with Crippen molar-refractivity contribution in [2.75, 3.05) is 39.6 Å². The van der Waals surface area contributed by atoms with Gasteiger partial charge in [0.05, 0.1) is 26.4 Å². The highest BCUT2D eigenvalue weighted by atomic mass is 31.2. The van der Waals surface area contributed by atoms with Crippen LogP contribution in [-0.4, -0.2) is 96.7 Å². The zero-order valence-corrected chi connectivity index (χ0v) is 65.3. The van der Waals surface area contributed by atoms with Crippen LogP contribution >= 0.6 is 15.6 Å². The smallest absolute Gasteiger partial charge is 0.462 e. The van der Waals surface area contributed by atoms with E-state index in [0.717, 1.165) is 108 Å². The van der Waals surface area contributed by atoms with Crippen LogP contribution in [0.4, 0.5) is 0 Å². The molecule has 0 aliphatic carbocycles. The third-order valence-electron chi connectivity index (χ3n) is 18.1. The minimum atomic E-state index is -4.96. The molecule has 0 aromatic carbocycles. The van der Waals surface area contributed by atoms with Gasteiger partial charge in [0.1, 0.15) is 19.3 Å². The van der Waals surface area contributed by atoms with Crippen molar-refractivity contribution in [3.8, 4) is 0 Å². The number of rotatable bonds is 76. The van der Waals surface area contributed by atoms with E-state index in [1.807, 2.05) is 0 Å². The molecule has 19 heteroatoms. The molecule has 0 saturated carbocycles. The number of hydrogen-bond acceptors (Lipinski definition) is 15. The first-order valence-electron chi connectivity index (χ1n) is 40.3. The third kappa shape index (κ3) is 72.2. The van der Waals surface area contributed by atoms with Crippen molar-refractivity contribution in [2.45, 2.75) is 420 Å². The highest BCUT2D eigenvalue weighted by Crippen LogP contribution is 2.45. The van der Waals surface area contributed by atoms with Crippen molar-refractivity contribution in [3.05, 3.63) is 0 Å². The van der Waals surface area contributed by atoms with Crippen molar-refractivity contribution in [3.63, 3.8) is 0 Å². The zero-order valence-electron chi connectivity index (χ0n) is 63.5. The van der Waals surface area contributed by atoms with Crippen molar-refractivity contribution < 1.29 is 80.2 Å². The van der Waals surface area contributed by atoms with Gasteiger partial charge in [0.15, 0.2) is 12.2 Å². The third-order valence-corrected chi connectivity index (χ3v) is 20.0. The number of aliphatic hydroxyl groups is 1. The summed E-state index contributed by atoms with van der Waals surface area (Å²) in [6, 6.07) is 0. The van der Waals surface area contributed by atoms with Crippen LogP contribution in [0.2, 0.25) is 0 Å². The van der Waals surface area contributed by atoms with E-state index in [1.54, 1.807) is 0 Å². The van der Waals surface area contributed by atoms with Gasteiger partial charge in [-0.1, -0.05) is 350 Å². The van der Waals surface area contributed by atoms with E-state index >= 15 is 0 Å². The number of ether oxygens (including phenoxy) is 4. The fourth-order valence-corrected chi connectivity index (χ4v) is 13.5. The van der Waals surface area contributed by atoms with Gasteiger partial charge in [0.2, 0.25) is 0 Å². The molecule has 0 rings (SSSR count). The molecule has 2 unspecified atom stereocenters. The monoisotopic (exact) mass is 1420 g/mol. The first-order chi connectivity index (χ1) is 46.7. The number of hydrogen-bond donors (Lipinski definition) is 3. The van der Waals surface area contributed by atoms with Gasteiger partial charge in [0.25, 0.3) is 0 Å². The molecule has 0 aliphatic rings. The summed E-state index contributed by atoms with van der Waals surface area (Å²) in [7, 11) is -9.92. The quantitative estimate of drug-likeness (QED) is 0.0222. The Bertz CT molecular complexity index is 1890. The first kappa shape index (κ1) is 95.1. The van der Waals surface area contributed by atoms with Gasteiger partial charge in [-0.15, -0.1) is 0 Å². The average Bonchev–Trinajstić information content (AvgIpc) is 3.73. The predicted molar refractivity (Wildman–Crippen MR) is 395 cm³/mol. The van der Waals surface area contributed by atoms with E-state index in [2.05, 4.69) is 48.5 Å². The number of esters is 4. The predicted octanol–water partition coefficient (Wildman–Crippen LogP) is 23.0. The number of phosphoric acid groups is 2. The van der Waals surface area contributed by atoms with Crippen LogP contribution in [0.25, 0.3) is 0 Å². The Kier molecular flexibility index (Phi) is 67.1. The molecule has 0 aliphatic heterocycles. The summed E-state index contributed by atoms with van der Waals surface area (Å²) < 4.78 is 68.6. The molecule has 0 aromatic rings. The van der Waals surface area contributed by atoms with Crippen molar-refractivity contribution in [1.29, 1.82) is 0 Å². The van der Waals surface area contributed by atoms with Crippen molar-refractivity contribution in [2.24, 2.45) is 17.8 Å². The maximum absolute atomic E-state index is 13.1. The standard InChI is InChI=1S/C78H152O17P2/c1-8-9-10-11-12-13-14-15-16-17-18-19-20-27-32-39-47-54-61-77(82)94-73(65-88-75(80)59-52-45-38-31-26-22-21-24-29-35-42-49-56-69(2)3)67-92-96(84,85)90-63-72(79)64-91-97(86,87)93-68-74(66-89-76(81)60-53-46-41-34-37-44-51-58-71(6)7)95-78(83)62-55-48-40-33-28-23-25-30-36-43-50-57-70(4)5/h69-74,79H,8-68H2,1-7H3,(H,84,85)(H,86,87)/t72-,73-,74-/m1/s1. The van der Waals surface area contributed by atoms with Crippen molar-refractivity contribution in [1.82, 2.24) is 0 Å². The van der Waals surface area contributed by atoms with Crippen LogP contribution < -0.4 is 0 Å². The Hall–Kier alpha value is -1.94. The Morgan fingerprint density at radius 1 is 0.278 bits per heavy atom. The molecule has 0 radical (unpaired) electrons. The second-order valence-corrected chi connectivity index (χ2v) is 32.4. The van der Waals surface area contributed by atoms with Gasteiger partial charge in [-0.05, 0) is 43.4 Å². The molecule has 0 bridgehead atoms. The van der Waals surface area contributed by atoms with Crippen LogP contribution in [0.3, 0.4) is 0 Å². The number of carbonyl (C=O) groups excluding carboxylic acids is 4. The lowest BCUT2D eigenvalue weighted by Crippen LogP contribution is -2.30. The van der Waals surface area contributed by atoms with Gasteiger partial charge >= 0.3 is 39.5 Å². The van der Waals surface area contributed by atoms with E-state index in [1.165, 1.54) is 205 Å². The topological polar surface area (TPSA) is 237 Å². The minimum Gasteiger partial charge on any atom is -0.462 e. The molecule has 0 saturated heterocycles. The van der Waals surface area contributed by atoms with E-state index < -0.39 is 97.5 Å². The van der Waals surface area contributed by atoms with E-state index in [0.29, 0.717) is 31.6 Å². The molecular weight excluding hydrogens is 1270 g/mol. The van der Waals surface area contributed by atoms with Crippen LogP contribution in [0, 0.1) is 17.8 Å². The van der Waals surface area contributed by atoms with Gasteiger partial charge < -0.3 is 33.8 Å². The number of aliphatic hydroxyl groups excluding tert-OH is 1. The first-order valence-corrected chi connectivity index (χ1v) is 43.3. The van der Waals surface area contributed by atoms with E-state index in [9.17, 15) is 43.2 Å². The molecule has 3 N–H and O–H groups in total. The SMILES string of the molecule is CCCCCCCCCCCCCCCCCCCCC(=O)O[C@H](COC(=O)CCCCCCCCCCCCCCC(C)C)COP(=O)(O)OC[C@@H](O)COP(=O)(O)OC[C@@H](COC(=O)CCCCCCCCCC(C)C)OC(=O)CCCCCCCCCCCCCC(C)C. The van der Waals surface area contributed by atoms with Gasteiger partial charge in [-0.25, -0.2) is 9.13 Å². The molecule has 0 amide bonds. The summed E-state index contributed by atoms with van der Waals surface area (Å²) in [4.78, 5) is 72.9. The number of carbonyl (C=O) groups is 4. The highest BCUT2D eigenvalue weighted by molar-refractivity contribution is 7.47. The van der Waals surface area contributed by atoms with Crippen LogP contribution in [0.15, 0.2) is 0 Å². The molecule has 5 atom stereocenters. The Morgan fingerprint density at radius 3 is 0.701 bits per heavy atom. The summed E-state index contributed by atoms with van der Waals surface area (Å²) in [5.41, 5.74) is 0. The van der Waals surface area contributed by atoms with Gasteiger partial charge in [0, 0.05) is 25.7 Å². The van der Waals surface area contributed by atoms with Crippen LogP contribution in [-0.2, 0) is 65.4 Å². The highest BCUT2D eigenvalue weighted by Gasteiger charge is 2.30. The molecule has 0 fully saturated rings. The maximum atomic E-state index is 13.1. The second-order valence-electron chi connectivity index (χ2n) is 29.5. The summed E-state index contributed by atoms with van der Waals surface area (Å²) in [5, 5.41) is 10.6. The molecule has 576 valence electrons. The number of phosphoric ester groups is 2. The normalized spacial score (nSPS) is 14.0. The lowest BCUT2D eigenvalue weighted by atomic mass is 10.0. The summed E-state index contributed by atoms with van der Waals surface area (Å²) in [6.45, 7) is 11.9. The Morgan fingerprint density at radius 2 is 0.474 bits per heavy atom. The van der Waals surface area contributed by atoms with Crippen LogP contribution in [0.1, 0.15) is 402 Å². The van der Waals surface area contributed by atoms with Gasteiger partial charge in [-0.2, -0.15) is 0 Å². The van der Waals surface area contributed by atoms with Gasteiger partial charge in [-0.3, -0.25) is 37.3 Å². The summed E-state index contributed by atoms with van der Waals surface area (Å²) in [5.74, 6) is 0.137. The summed E-state index contributed by atoms with van der Waals surface area (Å²) >= 11 is 0. The molecular formula is C78H152O17P2. The van der Waals surface area contributed by atoms with Crippen LogP contribution in [0.5, 0.6) is 0 Å². The Labute approximate surface area is 594 Å². The molecule has 17 nitrogen and oxygen atoms in total. The Balaban J connectivity index is 5.25. The van der Waals surface area contributed by atoms with E-state index in [4.69, 9.17) is 37.0 Å². The average molecular weight is 1420 g/mol. The van der Waals surface area contributed by atoms with E-state index in [-0.39, 0.29) is 25.7 Å². The number of unbranched alkanes of at least 4 members (excludes halogenated alkanes) is 44. The fraction of sp³-hybridized carbons (Fsp3) is 0.949. The second kappa shape index (κ2) is 68.5. The fourth-order valence-electron chi connectivity index (χ4n) is 12.0. The lowest BCUT2D eigenvalue weighted by Gasteiger charge is -2.21. The van der Waals surface area contributed by atoms with Crippen molar-refractivity contribution >= 4 is 39.5 Å². The molecule has 0 heterocycles. The maximum Gasteiger partial charge on any atom is 0.472 e. The zero-order chi connectivity index (χ0) is 71.6. The largest absolute Gasteiger partial charge is 0.472 e. The summed E-state index contributed by atoms with van der Waals surface area (Å²) in [6.07, 6.45) is 55.5. The molecule has 0 aromatic heterocycles.